The third kappa shape index (κ3) is 5.88. The molecule has 0 aliphatic heterocycles. The Hall–Kier alpha value is -1.52. The normalized spacial score (nSPS) is 13.0. The van der Waals surface area contributed by atoms with Crippen LogP contribution in [0.3, 0.4) is 0 Å². The highest BCUT2D eigenvalue weighted by Gasteiger charge is 2.21. The topological polar surface area (TPSA) is 49.3 Å². The molecule has 0 heterocycles. The zero-order valence-corrected chi connectivity index (χ0v) is 14.8. The Morgan fingerprint density at radius 2 is 1.91 bits per heavy atom. The second-order valence-corrected chi connectivity index (χ2v) is 7.84. The Morgan fingerprint density at radius 1 is 1.22 bits per heavy atom. The van der Waals surface area contributed by atoms with Crippen molar-refractivity contribution in [1.82, 2.24) is 5.32 Å². The number of rotatable bonds is 7. The summed E-state index contributed by atoms with van der Waals surface area (Å²) in [5.74, 6) is 0.435. The van der Waals surface area contributed by atoms with Crippen LogP contribution in [0.5, 0.6) is 0 Å². The molecule has 1 atom stereocenters. The second kappa shape index (κ2) is 7.84. The number of hydrogen-bond donors (Lipinski definition) is 2. The minimum atomic E-state index is -0.353. The number of carbonyl (C=O) groups excluding carboxylic acids is 1. The first-order valence-corrected chi connectivity index (χ1v) is 8.91. The van der Waals surface area contributed by atoms with Crippen molar-refractivity contribution in [2.75, 3.05) is 12.3 Å². The molecule has 0 saturated carbocycles. The summed E-state index contributed by atoms with van der Waals surface area (Å²) < 4.78 is 0. The van der Waals surface area contributed by atoms with Gasteiger partial charge in [-0.05, 0) is 41.7 Å². The fraction of sp³-hybridized carbons (Fsp3) is 0.421. The lowest BCUT2D eigenvalue weighted by Crippen LogP contribution is -2.36. The van der Waals surface area contributed by atoms with Crippen molar-refractivity contribution in [3.8, 4) is 0 Å². The molecule has 0 fully saturated rings. The molecule has 0 saturated heterocycles. The molecule has 1 amide bonds. The lowest BCUT2D eigenvalue weighted by atomic mass is 9.87. The van der Waals surface area contributed by atoms with Crippen molar-refractivity contribution in [2.24, 2.45) is 5.41 Å². The zero-order valence-electron chi connectivity index (χ0n) is 14.0. The Balaban J connectivity index is 1.83. The van der Waals surface area contributed by atoms with Gasteiger partial charge in [-0.15, -0.1) is 11.8 Å². The highest BCUT2D eigenvalue weighted by Crippen LogP contribution is 2.24. The van der Waals surface area contributed by atoms with Gasteiger partial charge in [-0.3, -0.25) is 4.79 Å². The average molecular weight is 331 g/mol. The summed E-state index contributed by atoms with van der Waals surface area (Å²) >= 11 is 1.55. The van der Waals surface area contributed by atoms with E-state index in [1.165, 1.54) is 10.8 Å². The molecule has 2 aromatic carbocycles. The third-order valence-electron chi connectivity index (χ3n) is 3.70. The Bertz CT molecular complexity index is 667. The van der Waals surface area contributed by atoms with E-state index in [1.54, 1.807) is 18.7 Å². The van der Waals surface area contributed by atoms with Crippen molar-refractivity contribution in [2.45, 2.75) is 38.2 Å². The van der Waals surface area contributed by atoms with Crippen LogP contribution in [0.15, 0.2) is 47.4 Å². The molecule has 0 bridgehead atoms. The lowest BCUT2D eigenvalue weighted by Gasteiger charge is -2.26. The maximum Gasteiger partial charge on any atom is 0.230 e. The summed E-state index contributed by atoms with van der Waals surface area (Å²) in [5, 5.41) is 14.8. The lowest BCUT2D eigenvalue weighted by molar-refractivity contribution is -0.119. The molecular formula is C19H25NO2S. The number of hydrogen-bond acceptors (Lipinski definition) is 3. The fourth-order valence-electron chi connectivity index (χ4n) is 2.67. The predicted octanol–water partition coefficient (Wildman–Crippen LogP) is 3.85. The summed E-state index contributed by atoms with van der Waals surface area (Å²) in [4.78, 5) is 13.1. The molecule has 2 rings (SSSR count). The zero-order chi connectivity index (χ0) is 16.9. The van der Waals surface area contributed by atoms with Crippen molar-refractivity contribution < 1.29 is 9.90 Å². The molecule has 0 aromatic heterocycles. The monoisotopic (exact) mass is 331 g/mol. The van der Waals surface area contributed by atoms with Gasteiger partial charge in [0.1, 0.15) is 0 Å². The van der Waals surface area contributed by atoms with E-state index in [1.807, 2.05) is 12.1 Å². The maximum absolute atomic E-state index is 12.0. The van der Waals surface area contributed by atoms with Crippen LogP contribution in [0, 0.1) is 5.41 Å². The standard InChI is InChI=1S/C19H25NO2S/c1-14(21)11-19(2,3)13-20-18(22)12-23-17-9-8-15-6-4-5-7-16(15)10-17/h4-10,14,21H,11-13H2,1-3H3,(H,20,22). The number of aliphatic hydroxyl groups is 1. The summed E-state index contributed by atoms with van der Waals surface area (Å²) in [5.41, 5.74) is -0.0998. The first-order valence-electron chi connectivity index (χ1n) is 7.92. The quantitative estimate of drug-likeness (QED) is 0.758. The minimum absolute atomic E-state index is 0.0295. The van der Waals surface area contributed by atoms with Gasteiger partial charge in [0.2, 0.25) is 5.91 Å². The number of thioether (sulfide) groups is 1. The van der Waals surface area contributed by atoms with Gasteiger partial charge in [0.15, 0.2) is 0 Å². The number of fused-ring (bicyclic) bond motifs is 1. The molecule has 0 radical (unpaired) electrons. The van der Waals surface area contributed by atoms with E-state index in [0.717, 1.165) is 4.90 Å². The smallest absolute Gasteiger partial charge is 0.230 e. The van der Waals surface area contributed by atoms with Gasteiger partial charge in [0.05, 0.1) is 11.9 Å². The number of amides is 1. The van der Waals surface area contributed by atoms with E-state index in [-0.39, 0.29) is 17.4 Å². The number of nitrogens with one attached hydrogen (secondary N) is 1. The summed E-state index contributed by atoms with van der Waals surface area (Å²) in [6.45, 7) is 6.46. The molecule has 0 spiro atoms. The number of aliphatic hydroxyl groups excluding tert-OH is 1. The van der Waals surface area contributed by atoms with Crippen LogP contribution in [0.1, 0.15) is 27.2 Å². The average Bonchev–Trinajstić information content (AvgIpc) is 2.49. The Kier molecular flexibility index (Phi) is 6.08. The molecule has 0 aliphatic carbocycles. The van der Waals surface area contributed by atoms with Crippen LogP contribution in [-0.2, 0) is 4.79 Å². The first-order chi connectivity index (χ1) is 10.9. The van der Waals surface area contributed by atoms with Gasteiger partial charge >= 0.3 is 0 Å². The summed E-state index contributed by atoms with van der Waals surface area (Å²) in [6.07, 6.45) is 0.319. The van der Waals surface area contributed by atoms with Gasteiger partial charge in [0.25, 0.3) is 0 Å². The Labute approximate surface area is 142 Å². The van der Waals surface area contributed by atoms with Crippen molar-refractivity contribution in [3.63, 3.8) is 0 Å². The highest BCUT2D eigenvalue weighted by molar-refractivity contribution is 8.00. The van der Waals surface area contributed by atoms with Crippen molar-refractivity contribution in [1.29, 1.82) is 0 Å². The van der Waals surface area contributed by atoms with Crippen LogP contribution >= 0.6 is 11.8 Å². The molecule has 1 unspecified atom stereocenters. The molecule has 4 heteroatoms. The highest BCUT2D eigenvalue weighted by atomic mass is 32.2. The Morgan fingerprint density at radius 3 is 2.61 bits per heavy atom. The van der Waals surface area contributed by atoms with Gasteiger partial charge in [0, 0.05) is 11.4 Å². The summed E-state index contributed by atoms with van der Waals surface area (Å²) in [7, 11) is 0. The van der Waals surface area contributed by atoms with Crippen molar-refractivity contribution >= 4 is 28.4 Å². The number of carbonyl (C=O) groups is 1. The molecular weight excluding hydrogens is 306 g/mol. The van der Waals surface area contributed by atoms with Crippen LogP contribution in [0.2, 0.25) is 0 Å². The van der Waals surface area contributed by atoms with E-state index in [0.29, 0.717) is 18.7 Å². The van der Waals surface area contributed by atoms with Crippen molar-refractivity contribution in [3.05, 3.63) is 42.5 Å². The molecule has 2 N–H and O–H groups in total. The van der Waals surface area contributed by atoms with E-state index < -0.39 is 0 Å². The van der Waals surface area contributed by atoms with Gasteiger partial charge in [-0.1, -0.05) is 44.2 Å². The summed E-state index contributed by atoms with van der Waals surface area (Å²) in [6, 6.07) is 14.5. The van der Waals surface area contributed by atoms with E-state index in [4.69, 9.17) is 0 Å². The third-order valence-corrected chi connectivity index (χ3v) is 4.70. The van der Waals surface area contributed by atoms with E-state index in [2.05, 4.69) is 49.5 Å². The first kappa shape index (κ1) is 17.8. The SMILES string of the molecule is CC(O)CC(C)(C)CNC(=O)CSc1ccc2ccccc2c1. The minimum Gasteiger partial charge on any atom is -0.393 e. The van der Waals surface area contributed by atoms with Gasteiger partial charge in [-0.25, -0.2) is 0 Å². The van der Waals surface area contributed by atoms with Gasteiger partial charge < -0.3 is 10.4 Å². The molecule has 0 aliphatic rings. The largest absolute Gasteiger partial charge is 0.393 e. The number of benzene rings is 2. The van der Waals surface area contributed by atoms with Crippen LogP contribution in [0.25, 0.3) is 10.8 Å². The maximum atomic E-state index is 12.0. The van der Waals surface area contributed by atoms with E-state index in [9.17, 15) is 9.90 Å². The predicted molar refractivity (Wildman–Crippen MR) is 97.8 cm³/mol. The van der Waals surface area contributed by atoms with Crippen LogP contribution in [0.4, 0.5) is 0 Å². The fourth-order valence-corrected chi connectivity index (χ4v) is 3.44. The van der Waals surface area contributed by atoms with Crippen LogP contribution in [-0.4, -0.2) is 29.4 Å². The van der Waals surface area contributed by atoms with Crippen LogP contribution < -0.4 is 5.32 Å². The van der Waals surface area contributed by atoms with Gasteiger partial charge in [-0.2, -0.15) is 0 Å². The molecule has 2 aromatic rings. The molecule has 23 heavy (non-hydrogen) atoms. The second-order valence-electron chi connectivity index (χ2n) is 6.79. The molecule has 3 nitrogen and oxygen atoms in total. The molecule has 124 valence electrons. The van der Waals surface area contributed by atoms with E-state index >= 15 is 0 Å².